The van der Waals surface area contributed by atoms with Gasteiger partial charge in [-0.05, 0) is 17.7 Å². The smallest absolute Gasteiger partial charge is 0.203 e. The topological polar surface area (TPSA) is 84.3 Å². The summed E-state index contributed by atoms with van der Waals surface area (Å²) in [7, 11) is 4.66. The lowest BCUT2D eigenvalue weighted by Gasteiger charge is -2.18. The Labute approximate surface area is 152 Å². The van der Waals surface area contributed by atoms with Gasteiger partial charge in [0.25, 0.3) is 0 Å². The van der Waals surface area contributed by atoms with Crippen molar-refractivity contribution in [2.45, 2.75) is 12.2 Å². The molecule has 2 aromatic rings. The van der Waals surface area contributed by atoms with E-state index in [1.54, 1.807) is 33.5 Å². The van der Waals surface area contributed by atoms with Gasteiger partial charge in [0.1, 0.15) is 5.71 Å². The van der Waals surface area contributed by atoms with E-state index >= 15 is 0 Å². The second-order valence-electron chi connectivity index (χ2n) is 5.87. The molecule has 1 aliphatic rings. The average Bonchev–Trinajstić information content (AvgIpc) is 3.18. The standard InChI is InChI=1S/C19H23N3O4/c1-24-15-9-13(10-16(25-2)18(15)26-3)17(22-23)14-11-20-19(21-14)12-7-5-4-6-8-12/h4-10,14,19-21,23H,11H2,1-3H3/b22-17+. The van der Waals surface area contributed by atoms with Crippen LogP contribution in [0.25, 0.3) is 0 Å². The van der Waals surface area contributed by atoms with Crippen molar-refractivity contribution < 1.29 is 19.4 Å². The normalized spacial score (nSPS) is 20.0. The molecule has 0 saturated carbocycles. The highest BCUT2D eigenvalue weighted by Gasteiger charge is 2.30. The summed E-state index contributed by atoms with van der Waals surface area (Å²) in [4.78, 5) is 0. The molecule has 0 radical (unpaired) electrons. The van der Waals surface area contributed by atoms with Gasteiger partial charge >= 0.3 is 0 Å². The van der Waals surface area contributed by atoms with Crippen LogP contribution in [-0.4, -0.2) is 44.8 Å². The Kier molecular flexibility index (Phi) is 5.60. The van der Waals surface area contributed by atoms with E-state index in [9.17, 15) is 5.21 Å². The number of methoxy groups -OCH3 is 3. The van der Waals surface area contributed by atoms with Crippen LogP contribution in [-0.2, 0) is 0 Å². The first kappa shape index (κ1) is 18.0. The number of nitrogens with one attached hydrogen (secondary N) is 2. The zero-order valence-electron chi connectivity index (χ0n) is 15.0. The first-order valence-electron chi connectivity index (χ1n) is 8.28. The maximum absolute atomic E-state index is 9.66. The van der Waals surface area contributed by atoms with Crippen molar-refractivity contribution in [2.24, 2.45) is 5.16 Å². The fourth-order valence-corrected chi connectivity index (χ4v) is 3.15. The molecular weight excluding hydrogens is 334 g/mol. The van der Waals surface area contributed by atoms with E-state index in [0.29, 0.717) is 35.1 Å². The molecule has 1 aliphatic heterocycles. The van der Waals surface area contributed by atoms with Gasteiger partial charge in [-0.3, -0.25) is 10.6 Å². The second-order valence-corrected chi connectivity index (χ2v) is 5.87. The van der Waals surface area contributed by atoms with Crippen molar-refractivity contribution in [1.82, 2.24) is 10.6 Å². The highest BCUT2D eigenvalue weighted by atomic mass is 16.5. The Bertz CT molecular complexity index is 755. The zero-order chi connectivity index (χ0) is 18.5. The molecule has 3 rings (SSSR count). The van der Waals surface area contributed by atoms with Crippen LogP contribution in [0.15, 0.2) is 47.6 Å². The van der Waals surface area contributed by atoms with Gasteiger partial charge in [-0.25, -0.2) is 0 Å². The number of benzene rings is 2. The Morgan fingerprint density at radius 2 is 1.69 bits per heavy atom. The van der Waals surface area contributed by atoms with Crippen molar-refractivity contribution >= 4 is 5.71 Å². The van der Waals surface area contributed by atoms with Crippen molar-refractivity contribution in [3.63, 3.8) is 0 Å². The molecule has 1 saturated heterocycles. The largest absolute Gasteiger partial charge is 0.493 e. The van der Waals surface area contributed by atoms with E-state index in [2.05, 4.69) is 15.8 Å². The molecule has 7 nitrogen and oxygen atoms in total. The van der Waals surface area contributed by atoms with Gasteiger partial charge in [-0.15, -0.1) is 0 Å². The molecular formula is C19H23N3O4. The van der Waals surface area contributed by atoms with Gasteiger partial charge in [0.05, 0.1) is 33.5 Å². The maximum Gasteiger partial charge on any atom is 0.203 e. The minimum absolute atomic E-state index is 0.0139. The second kappa shape index (κ2) is 8.07. The summed E-state index contributed by atoms with van der Waals surface area (Å²) < 4.78 is 16.1. The average molecular weight is 357 g/mol. The zero-order valence-corrected chi connectivity index (χ0v) is 15.0. The number of ether oxygens (including phenoxy) is 3. The third kappa shape index (κ3) is 3.44. The first-order valence-corrected chi connectivity index (χ1v) is 8.28. The summed E-state index contributed by atoms with van der Waals surface area (Å²) in [6, 6.07) is 13.4. The van der Waals surface area contributed by atoms with E-state index in [1.807, 2.05) is 30.3 Å². The monoisotopic (exact) mass is 357 g/mol. The Balaban J connectivity index is 1.88. The van der Waals surface area contributed by atoms with E-state index < -0.39 is 0 Å². The molecule has 2 aromatic carbocycles. The molecule has 1 fully saturated rings. The molecule has 0 amide bonds. The van der Waals surface area contributed by atoms with Crippen LogP contribution in [0.4, 0.5) is 0 Å². The number of rotatable bonds is 6. The number of nitrogens with zero attached hydrogens (tertiary/aromatic N) is 1. The lowest BCUT2D eigenvalue weighted by Crippen LogP contribution is -2.35. The number of oxime groups is 1. The van der Waals surface area contributed by atoms with E-state index in [0.717, 1.165) is 5.56 Å². The third-order valence-electron chi connectivity index (χ3n) is 4.43. The lowest BCUT2D eigenvalue weighted by atomic mass is 10.0. The minimum atomic E-state index is -0.173. The summed E-state index contributed by atoms with van der Waals surface area (Å²) in [5.74, 6) is 1.51. The SMILES string of the molecule is COc1cc(/C(=N\O)C2CNC(c3ccccc3)N2)cc(OC)c1OC. The Hall–Kier alpha value is -2.77. The van der Waals surface area contributed by atoms with Gasteiger partial charge in [0, 0.05) is 12.1 Å². The van der Waals surface area contributed by atoms with Gasteiger partial charge in [-0.2, -0.15) is 0 Å². The van der Waals surface area contributed by atoms with Crippen LogP contribution in [0.3, 0.4) is 0 Å². The molecule has 0 aromatic heterocycles. The molecule has 138 valence electrons. The summed E-state index contributed by atoms with van der Waals surface area (Å²) in [6.07, 6.45) is -0.0139. The van der Waals surface area contributed by atoms with Crippen molar-refractivity contribution in [3.05, 3.63) is 53.6 Å². The fourth-order valence-electron chi connectivity index (χ4n) is 3.15. The van der Waals surface area contributed by atoms with Crippen LogP contribution < -0.4 is 24.8 Å². The summed E-state index contributed by atoms with van der Waals surface area (Å²) in [6.45, 7) is 0.621. The Morgan fingerprint density at radius 1 is 1.04 bits per heavy atom. The van der Waals surface area contributed by atoms with Crippen LogP contribution in [0.1, 0.15) is 17.3 Å². The quantitative estimate of drug-likeness (QED) is 0.417. The van der Waals surface area contributed by atoms with Crippen molar-refractivity contribution in [1.29, 1.82) is 0 Å². The summed E-state index contributed by atoms with van der Waals surface area (Å²) in [5.41, 5.74) is 2.31. The van der Waals surface area contributed by atoms with E-state index in [4.69, 9.17) is 14.2 Å². The Morgan fingerprint density at radius 3 is 2.23 bits per heavy atom. The molecule has 1 heterocycles. The highest BCUT2D eigenvalue weighted by Crippen LogP contribution is 2.38. The molecule has 2 atom stereocenters. The predicted octanol–water partition coefficient (Wildman–Crippen LogP) is 2.15. The summed E-state index contributed by atoms with van der Waals surface area (Å²) in [5, 5.41) is 20.0. The highest BCUT2D eigenvalue weighted by molar-refractivity contribution is 6.05. The number of hydrogen-bond donors (Lipinski definition) is 3. The van der Waals surface area contributed by atoms with E-state index in [-0.39, 0.29) is 12.2 Å². The molecule has 7 heteroatoms. The van der Waals surface area contributed by atoms with Crippen LogP contribution >= 0.6 is 0 Å². The van der Waals surface area contributed by atoms with E-state index in [1.165, 1.54) is 0 Å². The van der Waals surface area contributed by atoms with Crippen molar-refractivity contribution in [3.8, 4) is 17.2 Å². The van der Waals surface area contributed by atoms with Gasteiger partial charge < -0.3 is 19.4 Å². The molecule has 0 spiro atoms. The third-order valence-corrected chi connectivity index (χ3v) is 4.43. The van der Waals surface area contributed by atoms with Crippen LogP contribution in [0, 0.1) is 0 Å². The minimum Gasteiger partial charge on any atom is -0.493 e. The molecule has 0 aliphatic carbocycles. The van der Waals surface area contributed by atoms with Gasteiger partial charge in [0.2, 0.25) is 5.75 Å². The van der Waals surface area contributed by atoms with Gasteiger partial charge in [-0.1, -0.05) is 35.5 Å². The van der Waals surface area contributed by atoms with Crippen molar-refractivity contribution in [2.75, 3.05) is 27.9 Å². The van der Waals surface area contributed by atoms with Crippen LogP contribution in [0.5, 0.6) is 17.2 Å². The molecule has 2 unspecified atom stereocenters. The molecule has 0 bridgehead atoms. The van der Waals surface area contributed by atoms with Gasteiger partial charge in [0.15, 0.2) is 11.5 Å². The molecule has 3 N–H and O–H groups in total. The lowest BCUT2D eigenvalue weighted by molar-refractivity contribution is 0.315. The van der Waals surface area contributed by atoms with Crippen LogP contribution in [0.2, 0.25) is 0 Å². The predicted molar refractivity (Wildman–Crippen MR) is 98.5 cm³/mol. The maximum atomic E-state index is 9.66. The number of hydrogen-bond acceptors (Lipinski definition) is 7. The summed E-state index contributed by atoms with van der Waals surface area (Å²) >= 11 is 0. The fraction of sp³-hybridized carbons (Fsp3) is 0.316. The molecule has 26 heavy (non-hydrogen) atoms. The first-order chi connectivity index (χ1) is 12.7.